The summed E-state index contributed by atoms with van der Waals surface area (Å²) >= 11 is 0. The van der Waals surface area contributed by atoms with E-state index in [0.29, 0.717) is 6.42 Å². The first-order valence-electron chi connectivity index (χ1n) is 4.80. The molecule has 1 aromatic rings. The number of carbonyl (C=O) groups is 1. The van der Waals surface area contributed by atoms with Crippen LogP contribution in [0.4, 0.5) is 0 Å². The number of hydrogen-bond acceptors (Lipinski definition) is 3. The highest BCUT2D eigenvalue weighted by atomic mass is 16.5. The highest BCUT2D eigenvalue weighted by molar-refractivity contribution is 5.80. The van der Waals surface area contributed by atoms with Gasteiger partial charge in [0.05, 0.1) is 6.04 Å². The fourth-order valence-corrected chi connectivity index (χ4v) is 1.36. The summed E-state index contributed by atoms with van der Waals surface area (Å²) in [5.74, 6) is -0.562. The maximum Gasteiger partial charge on any atom is 0.260 e. The van der Waals surface area contributed by atoms with Gasteiger partial charge in [0.1, 0.15) is 0 Å². The summed E-state index contributed by atoms with van der Waals surface area (Å²) < 4.78 is 0. The van der Waals surface area contributed by atoms with Crippen LogP contribution in [-0.2, 0) is 11.2 Å². The molecule has 4 heteroatoms. The third-order valence-electron chi connectivity index (χ3n) is 2.47. The van der Waals surface area contributed by atoms with Gasteiger partial charge in [-0.3, -0.25) is 10.0 Å². The minimum Gasteiger partial charge on any atom is -0.320 e. The van der Waals surface area contributed by atoms with Crippen molar-refractivity contribution in [3.63, 3.8) is 0 Å². The predicted molar refractivity (Wildman–Crippen MR) is 57.5 cm³/mol. The molecule has 0 aliphatic rings. The molecule has 0 aliphatic heterocycles. The first kappa shape index (κ1) is 11.7. The number of amides is 1. The average Bonchev–Trinajstić information content (AvgIpc) is 2.22. The number of hydroxylamine groups is 1. The van der Waals surface area contributed by atoms with Crippen molar-refractivity contribution in [1.82, 2.24) is 5.48 Å². The maximum atomic E-state index is 11.0. The minimum absolute atomic E-state index is 0.424. The van der Waals surface area contributed by atoms with Crippen LogP contribution in [0.1, 0.15) is 16.7 Å². The molecule has 1 atom stereocenters. The number of carbonyl (C=O) groups excluding carboxylic acids is 1. The van der Waals surface area contributed by atoms with Gasteiger partial charge in [0, 0.05) is 0 Å². The van der Waals surface area contributed by atoms with E-state index >= 15 is 0 Å². The van der Waals surface area contributed by atoms with E-state index < -0.39 is 11.9 Å². The summed E-state index contributed by atoms with van der Waals surface area (Å²) in [6.45, 7) is 4.04. The van der Waals surface area contributed by atoms with Crippen molar-refractivity contribution in [2.24, 2.45) is 5.73 Å². The topological polar surface area (TPSA) is 75.4 Å². The minimum atomic E-state index is -0.711. The second-order valence-electron chi connectivity index (χ2n) is 3.71. The lowest BCUT2D eigenvalue weighted by Crippen LogP contribution is -2.40. The van der Waals surface area contributed by atoms with Gasteiger partial charge in [-0.2, -0.15) is 0 Å². The van der Waals surface area contributed by atoms with Crippen molar-refractivity contribution in [2.75, 3.05) is 0 Å². The summed E-state index contributed by atoms with van der Waals surface area (Å²) in [6, 6.07) is 5.22. The highest BCUT2D eigenvalue weighted by Crippen LogP contribution is 2.11. The normalized spacial score (nSPS) is 12.3. The fourth-order valence-electron chi connectivity index (χ4n) is 1.36. The number of aryl methyl sites for hydroxylation is 2. The average molecular weight is 208 g/mol. The SMILES string of the molecule is Cc1ccc(C[C@H](N)C(=O)NO)cc1C. The van der Waals surface area contributed by atoms with Crippen molar-refractivity contribution in [2.45, 2.75) is 26.3 Å². The molecule has 0 bridgehead atoms. The van der Waals surface area contributed by atoms with Crippen LogP contribution < -0.4 is 11.2 Å². The van der Waals surface area contributed by atoms with E-state index in [0.717, 1.165) is 5.56 Å². The first-order valence-corrected chi connectivity index (χ1v) is 4.80. The highest BCUT2D eigenvalue weighted by Gasteiger charge is 2.12. The van der Waals surface area contributed by atoms with Gasteiger partial charge in [0.15, 0.2) is 0 Å². The number of rotatable bonds is 3. The van der Waals surface area contributed by atoms with Gasteiger partial charge in [-0.05, 0) is 37.0 Å². The van der Waals surface area contributed by atoms with Crippen LogP contribution in [0.3, 0.4) is 0 Å². The van der Waals surface area contributed by atoms with Gasteiger partial charge >= 0.3 is 0 Å². The Morgan fingerprint density at radius 1 is 1.47 bits per heavy atom. The van der Waals surface area contributed by atoms with E-state index in [1.165, 1.54) is 11.1 Å². The van der Waals surface area contributed by atoms with Gasteiger partial charge in [-0.15, -0.1) is 0 Å². The van der Waals surface area contributed by atoms with Gasteiger partial charge in [0.25, 0.3) is 5.91 Å². The lowest BCUT2D eigenvalue weighted by atomic mass is 10.0. The number of benzene rings is 1. The van der Waals surface area contributed by atoms with Gasteiger partial charge in [0.2, 0.25) is 0 Å². The molecule has 0 spiro atoms. The van der Waals surface area contributed by atoms with Crippen LogP contribution in [0.2, 0.25) is 0 Å². The van der Waals surface area contributed by atoms with Crippen LogP contribution in [0, 0.1) is 13.8 Å². The maximum absolute atomic E-state index is 11.0. The van der Waals surface area contributed by atoms with E-state index in [1.54, 1.807) is 5.48 Å². The van der Waals surface area contributed by atoms with Crippen LogP contribution in [0.5, 0.6) is 0 Å². The van der Waals surface area contributed by atoms with Gasteiger partial charge in [-0.25, -0.2) is 5.48 Å². The summed E-state index contributed by atoms with van der Waals surface area (Å²) in [5, 5.41) is 8.40. The van der Waals surface area contributed by atoms with Crippen molar-refractivity contribution < 1.29 is 10.0 Å². The molecule has 15 heavy (non-hydrogen) atoms. The molecular weight excluding hydrogens is 192 g/mol. The zero-order valence-electron chi connectivity index (χ0n) is 8.95. The molecule has 0 radical (unpaired) electrons. The molecule has 0 unspecified atom stereocenters. The van der Waals surface area contributed by atoms with Gasteiger partial charge in [-0.1, -0.05) is 18.2 Å². The molecule has 0 saturated carbocycles. The molecule has 1 rings (SSSR count). The molecule has 0 saturated heterocycles. The number of nitrogens with two attached hydrogens (primary N) is 1. The first-order chi connectivity index (χ1) is 7.04. The molecule has 0 aromatic heterocycles. The molecule has 4 nitrogen and oxygen atoms in total. The Labute approximate surface area is 89.1 Å². The fraction of sp³-hybridized carbons (Fsp3) is 0.364. The van der Waals surface area contributed by atoms with Crippen LogP contribution in [0.25, 0.3) is 0 Å². The Hall–Kier alpha value is -1.39. The Kier molecular flexibility index (Phi) is 3.82. The Bertz CT molecular complexity index is 364. The molecule has 0 fully saturated rings. The molecule has 82 valence electrons. The van der Waals surface area contributed by atoms with Crippen LogP contribution in [-0.4, -0.2) is 17.2 Å². The largest absolute Gasteiger partial charge is 0.320 e. The molecule has 1 aromatic carbocycles. The van der Waals surface area contributed by atoms with E-state index in [-0.39, 0.29) is 0 Å². The molecular formula is C11H16N2O2. The number of hydrogen-bond donors (Lipinski definition) is 3. The summed E-state index contributed by atoms with van der Waals surface area (Å²) in [4.78, 5) is 11.0. The lowest BCUT2D eigenvalue weighted by Gasteiger charge is -2.10. The summed E-state index contributed by atoms with van der Waals surface area (Å²) in [7, 11) is 0. The van der Waals surface area contributed by atoms with Crippen molar-refractivity contribution in [3.05, 3.63) is 34.9 Å². The number of nitrogens with one attached hydrogen (secondary N) is 1. The quantitative estimate of drug-likeness (QED) is 0.505. The second kappa shape index (κ2) is 4.91. The Balaban J connectivity index is 2.73. The molecule has 1 amide bonds. The van der Waals surface area contributed by atoms with Crippen molar-refractivity contribution >= 4 is 5.91 Å². The monoisotopic (exact) mass is 208 g/mol. The second-order valence-corrected chi connectivity index (χ2v) is 3.71. The zero-order valence-corrected chi connectivity index (χ0v) is 8.95. The van der Waals surface area contributed by atoms with E-state index in [4.69, 9.17) is 10.9 Å². The summed E-state index contributed by atoms with van der Waals surface area (Å²) in [6.07, 6.45) is 0.424. The van der Waals surface area contributed by atoms with Crippen LogP contribution >= 0.6 is 0 Å². The Morgan fingerprint density at radius 3 is 2.67 bits per heavy atom. The summed E-state index contributed by atoms with van der Waals surface area (Å²) in [5.41, 5.74) is 10.5. The molecule has 4 N–H and O–H groups in total. The molecule has 0 aliphatic carbocycles. The smallest absolute Gasteiger partial charge is 0.260 e. The van der Waals surface area contributed by atoms with Crippen molar-refractivity contribution in [3.8, 4) is 0 Å². The van der Waals surface area contributed by atoms with Gasteiger partial charge < -0.3 is 5.73 Å². The Morgan fingerprint density at radius 2 is 2.13 bits per heavy atom. The van der Waals surface area contributed by atoms with E-state index in [2.05, 4.69) is 0 Å². The zero-order chi connectivity index (χ0) is 11.4. The lowest BCUT2D eigenvalue weighted by molar-refractivity contribution is -0.130. The van der Waals surface area contributed by atoms with E-state index in [9.17, 15) is 4.79 Å². The third kappa shape index (κ3) is 3.04. The third-order valence-corrected chi connectivity index (χ3v) is 2.47. The van der Waals surface area contributed by atoms with Crippen molar-refractivity contribution in [1.29, 1.82) is 0 Å². The predicted octanol–water partition coefficient (Wildman–Crippen LogP) is 0.679. The molecule has 0 heterocycles. The van der Waals surface area contributed by atoms with E-state index in [1.807, 2.05) is 32.0 Å². The van der Waals surface area contributed by atoms with Crippen LogP contribution in [0.15, 0.2) is 18.2 Å². The standard InChI is InChI=1S/C11H16N2O2/c1-7-3-4-9(5-8(7)2)6-10(12)11(14)13-15/h3-5,10,15H,6,12H2,1-2H3,(H,13,14)/t10-/m0/s1.